The highest BCUT2D eigenvalue weighted by Gasteiger charge is 2.22. The maximum Gasteiger partial charge on any atom is 0.330 e. The Labute approximate surface area is 183 Å². The number of nitrogens with one attached hydrogen (secondary N) is 1. The number of anilines is 2. The van der Waals surface area contributed by atoms with E-state index < -0.39 is 17.2 Å². The predicted molar refractivity (Wildman–Crippen MR) is 123 cm³/mol. The number of benzene rings is 1. The third kappa shape index (κ3) is 5.41. The number of unbranched alkanes of at least 4 members (excludes halogenated alkanes) is 1. The van der Waals surface area contributed by atoms with E-state index in [-0.39, 0.29) is 11.5 Å². The highest BCUT2D eigenvalue weighted by Crippen LogP contribution is 2.25. The Morgan fingerprint density at radius 2 is 2.03 bits per heavy atom. The number of methoxy groups -OCH3 is 1. The first-order valence-corrected chi connectivity index (χ1v) is 10.6. The molecule has 2 aromatic rings. The molecular formula is C21H27BrN4O4. The van der Waals surface area contributed by atoms with Gasteiger partial charge in [0.05, 0.1) is 7.11 Å². The van der Waals surface area contributed by atoms with Crippen LogP contribution in [-0.2, 0) is 11.3 Å². The van der Waals surface area contributed by atoms with Crippen molar-refractivity contribution in [2.75, 3.05) is 24.3 Å². The first-order valence-electron chi connectivity index (χ1n) is 9.79. The Morgan fingerprint density at radius 3 is 2.67 bits per heavy atom. The highest BCUT2D eigenvalue weighted by atomic mass is 79.9. The van der Waals surface area contributed by atoms with Gasteiger partial charge in [0.15, 0.2) is 5.69 Å². The Hall–Kier alpha value is -2.81. The lowest BCUT2D eigenvalue weighted by Gasteiger charge is -2.23. The summed E-state index contributed by atoms with van der Waals surface area (Å²) in [5.41, 5.74) is 5.59. The molecule has 0 aliphatic rings. The Bertz CT molecular complexity index is 1040. The van der Waals surface area contributed by atoms with Crippen molar-refractivity contribution in [3.8, 4) is 5.75 Å². The van der Waals surface area contributed by atoms with Crippen LogP contribution >= 0.6 is 15.9 Å². The molecule has 9 heteroatoms. The molecule has 162 valence electrons. The van der Waals surface area contributed by atoms with Gasteiger partial charge in [-0.25, -0.2) is 4.79 Å². The lowest BCUT2D eigenvalue weighted by molar-refractivity contribution is -0.114. The van der Waals surface area contributed by atoms with Crippen molar-refractivity contribution in [2.24, 2.45) is 0 Å². The molecule has 0 spiro atoms. The Balaban J connectivity index is 2.50. The molecule has 1 heterocycles. The summed E-state index contributed by atoms with van der Waals surface area (Å²) in [6, 6.07) is 5.44. The molecule has 0 aliphatic heterocycles. The molecule has 0 unspecified atom stereocenters. The zero-order valence-electron chi connectivity index (χ0n) is 17.4. The number of H-pyrrole nitrogens is 1. The summed E-state index contributed by atoms with van der Waals surface area (Å²) in [4.78, 5) is 41.3. The van der Waals surface area contributed by atoms with Gasteiger partial charge in [-0.05, 0) is 37.1 Å². The van der Waals surface area contributed by atoms with Crippen molar-refractivity contribution in [3.05, 3.63) is 55.1 Å². The number of aromatic nitrogens is 2. The molecule has 8 nitrogen and oxygen atoms in total. The highest BCUT2D eigenvalue weighted by molar-refractivity contribution is 9.10. The zero-order valence-corrected chi connectivity index (χ0v) is 19.0. The summed E-state index contributed by atoms with van der Waals surface area (Å²) in [7, 11) is 1.55. The van der Waals surface area contributed by atoms with E-state index in [0.29, 0.717) is 37.2 Å². The molecular weight excluding hydrogens is 452 g/mol. The monoisotopic (exact) mass is 478 g/mol. The Morgan fingerprint density at radius 1 is 1.30 bits per heavy atom. The van der Waals surface area contributed by atoms with Crippen LogP contribution in [0.3, 0.4) is 0 Å². The van der Waals surface area contributed by atoms with Gasteiger partial charge in [0.25, 0.3) is 11.5 Å². The number of carbonyl (C=O) groups is 1. The molecule has 1 aromatic carbocycles. The number of nitrogen functional groups attached to an aromatic ring is 1. The third-order valence-electron chi connectivity index (χ3n) is 4.53. The number of halogens is 1. The average molecular weight is 479 g/mol. The minimum Gasteiger partial charge on any atom is -0.496 e. The number of amides is 1. The quantitative estimate of drug-likeness (QED) is 0.537. The van der Waals surface area contributed by atoms with E-state index in [1.165, 1.54) is 15.5 Å². The van der Waals surface area contributed by atoms with Crippen LogP contribution < -0.4 is 26.6 Å². The summed E-state index contributed by atoms with van der Waals surface area (Å²) in [5, 5.41) is 0. The van der Waals surface area contributed by atoms with Gasteiger partial charge < -0.3 is 15.4 Å². The molecule has 3 N–H and O–H groups in total. The summed E-state index contributed by atoms with van der Waals surface area (Å²) in [5.74, 6) is 0.184. The second-order valence-electron chi connectivity index (χ2n) is 6.71. The van der Waals surface area contributed by atoms with Crippen molar-refractivity contribution in [3.63, 3.8) is 0 Å². The maximum atomic E-state index is 13.1. The molecule has 1 aromatic heterocycles. The minimum atomic E-state index is -0.678. The summed E-state index contributed by atoms with van der Waals surface area (Å²) in [6.07, 6.45) is 5.14. The smallest absolute Gasteiger partial charge is 0.330 e. The first kappa shape index (κ1) is 23.5. The van der Waals surface area contributed by atoms with E-state index in [1.807, 2.05) is 26.0 Å². The van der Waals surface area contributed by atoms with Crippen LogP contribution in [0.4, 0.5) is 11.5 Å². The topological polar surface area (TPSA) is 110 Å². The molecule has 1 amide bonds. The van der Waals surface area contributed by atoms with Crippen LogP contribution in [0, 0.1) is 0 Å². The number of rotatable bonds is 9. The maximum absolute atomic E-state index is 13.1. The van der Waals surface area contributed by atoms with Gasteiger partial charge in [-0.2, -0.15) is 0 Å². The minimum absolute atomic E-state index is 0.00708. The fourth-order valence-electron chi connectivity index (χ4n) is 3.02. The van der Waals surface area contributed by atoms with Gasteiger partial charge in [0.2, 0.25) is 0 Å². The molecule has 0 saturated carbocycles. The zero-order chi connectivity index (χ0) is 22.3. The molecule has 0 saturated heterocycles. The van der Waals surface area contributed by atoms with E-state index in [0.717, 1.165) is 10.9 Å². The van der Waals surface area contributed by atoms with E-state index in [1.54, 1.807) is 19.3 Å². The van der Waals surface area contributed by atoms with Crippen molar-refractivity contribution >= 4 is 39.4 Å². The van der Waals surface area contributed by atoms with Crippen molar-refractivity contribution < 1.29 is 9.53 Å². The van der Waals surface area contributed by atoms with Gasteiger partial charge in [-0.3, -0.25) is 19.1 Å². The van der Waals surface area contributed by atoms with E-state index in [2.05, 4.69) is 20.9 Å². The SMILES string of the molecule is CCCCN(C(=O)/C=C/c1cc(Br)ccc1OC)c1c(N)n(CCC)c(=O)[nH]c1=O. The van der Waals surface area contributed by atoms with E-state index in [9.17, 15) is 14.4 Å². The molecule has 0 radical (unpaired) electrons. The molecule has 2 rings (SSSR count). The molecule has 0 atom stereocenters. The number of nitrogens with two attached hydrogens (primary N) is 1. The first-order chi connectivity index (χ1) is 14.3. The fraction of sp³-hybridized carbons (Fsp3) is 0.381. The lowest BCUT2D eigenvalue weighted by atomic mass is 10.2. The number of hydrogen-bond acceptors (Lipinski definition) is 5. The number of carbonyl (C=O) groups excluding carboxylic acids is 1. The van der Waals surface area contributed by atoms with Gasteiger partial charge in [-0.1, -0.05) is 36.2 Å². The van der Waals surface area contributed by atoms with Crippen LogP contribution in [-0.4, -0.2) is 29.1 Å². The second kappa shape index (κ2) is 10.8. The molecule has 0 aliphatic carbocycles. The number of aromatic amines is 1. The van der Waals surface area contributed by atoms with Crippen LogP contribution in [0.15, 0.2) is 38.3 Å². The number of nitrogens with zero attached hydrogens (tertiary/aromatic N) is 2. The standard InChI is InChI=1S/C21H27BrN4O4/c1-4-6-12-25(18-19(23)26(11-5-2)21(29)24-20(18)28)17(27)10-7-14-13-15(22)8-9-16(14)30-3/h7-10,13H,4-6,11-12,23H2,1-3H3,(H,24,28,29)/b10-7+. The summed E-state index contributed by atoms with van der Waals surface area (Å²) in [6.45, 7) is 4.52. The van der Waals surface area contributed by atoms with Crippen molar-refractivity contribution in [1.82, 2.24) is 9.55 Å². The largest absolute Gasteiger partial charge is 0.496 e. The normalized spacial score (nSPS) is 11.1. The fourth-order valence-corrected chi connectivity index (χ4v) is 3.40. The van der Waals surface area contributed by atoms with E-state index >= 15 is 0 Å². The van der Waals surface area contributed by atoms with Crippen LogP contribution in [0.1, 0.15) is 38.7 Å². The van der Waals surface area contributed by atoms with Crippen LogP contribution in [0.25, 0.3) is 6.08 Å². The second-order valence-corrected chi connectivity index (χ2v) is 7.62. The summed E-state index contributed by atoms with van der Waals surface area (Å²) >= 11 is 3.40. The lowest BCUT2D eigenvalue weighted by Crippen LogP contribution is -2.41. The van der Waals surface area contributed by atoms with Gasteiger partial charge in [-0.15, -0.1) is 0 Å². The molecule has 0 fully saturated rings. The third-order valence-corrected chi connectivity index (χ3v) is 5.02. The average Bonchev–Trinajstić information content (AvgIpc) is 2.71. The molecule has 0 bridgehead atoms. The van der Waals surface area contributed by atoms with Gasteiger partial charge in [0.1, 0.15) is 11.6 Å². The van der Waals surface area contributed by atoms with Crippen LogP contribution in [0.2, 0.25) is 0 Å². The van der Waals surface area contributed by atoms with Gasteiger partial charge in [0, 0.05) is 29.2 Å². The molecule has 30 heavy (non-hydrogen) atoms. The van der Waals surface area contributed by atoms with Gasteiger partial charge >= 0.3 is 5.69 Å². The number of ether oxygens (including phenoxy) is 1. The van der Waals surface area contributed by atoms with Crippen LogP contribution in [0.5, 0.6) is 5.75 Å². The number of hydrogen-bond donors (Lipinski definition) is 2. The van der Waals surface area contributed by atoms with E-state index in [4.69, 9.17) is 10.5 Å². The predicted octanol–water partition coefficient (Wildman–Crippen LogP) is 3.15. The van der Waals surface area contributed by atoms with Crippen molar-refractivity contribution in [1.29, 1.82) is 0 Å². The van der Waals surface area contributed by atoms with Crippen molar-refractivity contribution in [2.45, 2.75) is 39.7 Å². The Kier molecular flexibility index (Phi) is 8.46. The summed E-state index contributed by atoms with van der Waals surface area (Å²) < 4.78 is 7.45.